The molecule has 1 aliphatic heterocycles. The molecule has 0 aromatic heterocycles. The molecule has 2 fully saturated rings. The minimum Gasteiger partial charge on any atom is -0.356 e. The largest absolute Gasteiger partial charge is 0.356 e. The molecule has 1 aliphatic carbocycles. The third kappa shape index (κ3) is 5.71. The summed E-state index contributed by atoms with van der Waals surface area (Å²) in [7, 11) is 1.77. The Hall–Kier alpha value is -1.06. The van der Waals surface area contributed by atoms with Gasteiger partial charge in [-0.2, -0.15) is 0 Å². The van der Waals surface area contributed by atoms with Crippen molar-refractivity contribution in [3.63, 3.8) is 0 Å². The minimum atomic E-state index is -0.752. The number of nitrogens with one attached hydrogen (secondary N) is 3. The van der Waals surface area contributed by atoms with Gasteiger partial charge in [-0.05, 0) is 44.4 Å². The van der Waals surface area contributed by atoms with Crippen LogP contribution >= 0.6 is 24.0 Å². The second-order valence-electron chi connectivity index (χ2n) is 7.84. The lowest BCUT2D eigenvalue weighted by atomic mass is 9.83. The van der Waals surface area contributed by atoms with Gasteiger partial charge in [0, 0.05) is 26.7 Å². The Morgan fingerprint density at radius 3 is 2.37 bits per heavy atom. The van der Waals surface area contributed by atoms with Gasteiger partial charge < -0.3 is 16.0 Å². The van der Waals surface area contributed by atoms with Crippen LogP contribution in [0.2, 0.25) is 0 Å². The van der Waals surface area contributed by atoms with Crippen LogP contribution in [0, 0.1) is 5.41 Å². The fourth-order valence-electron chi connectivity index (χ4n) is 3.91. The number of urea groups is 1. The fourth-order valence-corrected chi connectivity index (χ4v) is 3.91. The number of carbonyl (C=O) groups excluding carboxylic acids is 2. The number of rotatable bonds is 8. The SMILES string of the molecule is CCC1(CNC(=NC)NCCCN2C(=O)NC(C)(CC)C2=O)CCCC1.I. The first-order valence-electron chi connectivity index (χ1n) is 9.98. The summed E-state index contributed by atoms with van der Waals surface area (Å²) < 4.78 is 0. The van der Waals surface area contributed by atoms with Crippen molar-refractivity contribution < 1.29 is 9.59 Å². The molecule has 3 amide bonds. The standard InChI is InChI=1S/C19H35N5O2.HI/c1-5-18(3)15(25)24(17(26)23-18)13-9-12-21-16(20-4)22-14-19(6-2)10-7-8-11-19;/h5-14H2,1-4H3,(H,23,26)(H2,20,21,22);1H. The summed E-state index contributed by atoms with van der Waals surface area (Å²) in [6, 6.07) is -0.284. The van der Waals surface area contributed by atoms with Crippen LogP contribution in [0.25, 0.3) is 0 Å². The van der Waals surface area contributed by atoms with Crippen molar-refractivity contribution in [3.05, 3.63) is 0 Å². The maximum absolute atomic E-state index is 12.4. The topological polar surface area (TPSA) is 85.8 Å². The number of aliphatic imine (C=N–C) groups is 1. The molecule has 2 rings (SSSR count). The Bertz CT molecular complexity index is 548. The number of nitrogens with zero attached hydrogens (tertiary/aromatic N) is 2. The van der Waals surface area contributed by atoms with Gasteiger partial charge in [0.25, 0.3) is 5.91 Å². The first-order chi connectivity index (χ1) is 12.4. The summed E-state index contributed by atoms with van der Waals surface area (Å²) in [5, 5.41) is 9.53. The average molecular weight is 493 g/mol. The molecule has 0 aromatic rings. The molecule has 27 heavy (non-hydrogen) atoms. The zero-order chi connectivity index (χ0) is 19.2. The maximum atomic E-state index is 12.4. The van der Waals surface area contributed by atoms with Crippen molar-refractivity contribution in [1.82, 2.24) is 20.9 Å². The summed E-state index contributed by atoms with van der Waals surface area (Å²) in [5.74, 6) is 0.666. The average Bonchev–Trinajstić information content (AvgIpc) is 3.20. The summed E-state index contributed by atoms with van der Waals surface area (Å²) in [6.07, 6.45) is 7.71. The zero-order valence-corrected chi connectivity index (χ0v) is 19.5. The van der Waals surface area contributed by atoms with Crippen LogP contribution in [0.15, 0.2) is 4.99 Å². The molecule has 2 aliphatic rings. The van der Waals surface area contributed by atoms with E-state index in [1.807, 2.05) is 6.92 Å². The van der Waals surface area contributed by atoms with Crippen molar-refractivity contribution >= 4 is 41.9 Å². The van der Waals surface area contributed by atoms with E-state index in [4.69, 9.17) is 0 Å². The highest BCUT2D eigenvalue weighted by Crippen LogP contribution is 2.40. The second-order valence-corrected chi connectivity index (χ2v) is 7.84. The lowest BCUT2D eigenvalue weighted by Gasteiger charge is -2.28. The van der Waals surface area contributed by atoms with Gasteiger partial charge in [-0.3, -0.25) is 14.7 Å². The molecule has 0 bridgehead atoms. The molecule has 0 spiro atoms. The Balaban J connectivity index is 0.00000364. The van der Waals surface area contributed by atoms with E-state index in [9.17, 15) is 9.59 Å². The summed E-state index contributed by atoms with van der Waals surface area (Å²) in [6.45, 7) is 7.99. The third-order valence-electron chi connectivity index (χ3n) is 6.17. The number of amides is 3. The molecule has 0 radical (unpaired) electrons. The number of halogens is 1. The molecule has 3 N–H and O–H groups in total. The molecular formula is C19H36IN5O2. The van der Waals surface area contributed by atoms with Gasteiger partial charge in [-0.25, -0.2) is 4.79 Å². The molecule has 7 nitrogen and oxygen atoms in total. The highest BCUT2D eigenvalue weighted by Gasteiger charge is 2.45. The fraction of sp³-hybridized carbons (Fsp3) is 0.842. The van der Waals surface area contributed by atoms with Crippen LogP contribution in [-0.2, 0) is 4.79 Å². The van der Waals surface area contributed by atoms with Crippen molar-refractivity contribution in [3.8, 4) is 0 Å². The van der Waals surface area contributed by atoms with Crippen molar-refractivity contribution in [2.24, 2.45) is 10.4 Å². The number of carbonyl (C=O) groups is 2. The Labute approximate surface area is 180 Å². The highest BCUT2D eigenvalue weighted by atomic mass is 127. The van der Waals surface area contributed by atoms with Gasteiger partial charge in [0.1, 0.15) is 5.54 Å². The summed E-state index contributed by atoms with van der Waals surface area (Å²) >= 11 is 0. The highest BCUT2D eigenvalue weighted by molar-refractivity contribution is 14.0. The predicted molar refractivity (Wildman–Crippen MR) is 120 cm³/mol. The molecule has 8 heteroatoms. The second kappa shape index (κ2) is 10.5. The first-order valence-corrected chi connectivity index (χ1v) is 9.98. The normalized spacial score (nSPS) is 24.6. The van der Waals surface area contributed by atoms with Crippen LogP contribution in [0.3, 0.4) is 0 Å². The van der Waals surface area contributed by atoms with Gasteiger partial charge in [0.15, 0.2) is 5.96 Å². The predicted octanol–water partition coefficient (Wildman–Crippen LogP) is 2.85. The number of hydrogen-bond donors (Lipinski definition) is 3. The lowest BCUT2D eigenvalue weighted by Crippen LogP contribution is -2.44. The van der Waals surface area contributed by atoms with E-state index in [2.05, 4.69) is 27.9 Å². The monoisotopic (exact) mass is 493 g/mol. The summed E-state index contributed by atoms with van der Waals surface area (Å²) in [4.78, 5) is 30.0. The van der Waals surface area contributed by atoms with Crippen LogP contribution in [0.4, 0.5) is 4.79 Å². The van der Waals surface area contributed by atoms with Crippen molar-refractivity contribution in [1.29, 1.82) is 0 Å². The molecular weight excluding hydrogens is 457 g/mol. The van der Waals surface area contributed by atoms with E-state index in [0.717, 1.165) is 12.5 Å². The number of guanidine groups is 1. The van der Waals surface area contributed by atoms with E-state index < -0.39 is 5.54 Å². The van der Waals surface area contributed by atoms with E-state index in [-0.39, 0.29) is 35.9 Å². The maximum Gasteiger partial charge on any atom is 0.325 e. The molecule has 1 atom stereocenters. The van der Waals surface area contributed by atoms with E-state index in [1.165, 1.54) is 37.0 Å². The first kappa shape index (κ1) is 24.0. The smallest absolute Gasteiger partial charge is 0.325 e. The third-order valence-corrected chi connectivity index (χ3v) is 6.17. The number of imide groups is 1. The van der Waals surface area contributed by atoms with E-state index in [1.54, 1.807) is 14.0 Å². The van der Waals surface area contributed by atoms with Gasteiger partial charge in [-0.15, -0.1) is 24.0 Å². The van der Waals surface area contributed by atoms with Gasteiger partial charge >= 0.3 is 6.03 Å². The summed E-state index contributed by atoms with van der Waals surface area (Å²) in [5.41, 5.74) is -0.347. The minimum absolute atomic E-state index is 0. The van der Waals surface area contributed by atoms with Gasteiger partial charge in [-0.1, -0.05) is 26.7 Å². The Morgan fingerprint density at radius 2 is 1.85 bits per heavy atom. The van der Waals surface area contributed by atoms with Crippen molar-refractivity contribution in [2.45, 2.75) is 71.3 Å². The zero-order valence-electron chi connectivity index (χ0n) is 17.2. The van der Waals surface area contributed by atoms with Gasteiger partial charge in [0.05, 0.1) is 0 Å². The molecule has 0 aromatic carbocycles. The quantitative estimate of drug-likeness (QED) is 0.160. The van der Waals surface area contributed by atoms with E-state index in [0.29, 0.717) is 31.3 Å². The van der Waals surface area contributed by atoms with Crippen LogP contribution < -0.4 is 16.0 Å². The molecule has 156 valence electrons. The molecule has 1 saturated carbocycles. The molecule has 1 heterocycles. The van der Waals surface area contributed by atoms with Crippen LogP contribution in [0.5, 0.6) is 0 Å². The lowest BCUT2D eigenvalue weighted by molar-refractivity contribution is -0.130. The van der Waals surface area contributed by atoms with Crippen molar-refractivity contribution in [2.75, 3.05) is 26.7 Å². The van der Waals surface area contributed by atoms with Crippen LogP contribution in [0.1, 0.15) is 65.7 Å². The van der Waals surface area contributed by atoms with Crippen LogP contribution in [-0.4, -0.2) is 55.0 Å². The van der Waals surface area contributed by atoms with E-state index >= 15 is 0 Å². The molecule has 1 unspecified atom stereocenters. The van der Waals surface area contributed by atoms with Gasteiger partial charge in [0.2, 0.25) is 0 Å². The molecule has 1 saturated heterocycles. The number of hydrogen-bond acceptors (Lipinski definition) is 3. The Morgan fingerprint density at radius 1 is 1.19 bits per heavy atom. The Kier molecular flexibility index (Phi) is 9.30.